The lowest BCUT2D eigenvalue weighted by Gasteiger charge is -2.34. The van der Waals surface area contributed by atoms with Gasteiger partial charge < -0.3 is 14.2 Å². The number of ether oxygens (including phenoxy) is 3. The minimum atomic E-state index is -6.66. The van der Waals surface area contributed by atoms with Crippen LogP contribution in [0.4, 0.5) is 30.7 Å². The Morgan fingerprint density at radius 2 is 1.53 bits per heavy atom. The van der Waals surface area contributed by atoms with Crippen molar-refractivity contribution in [3.8, 4) is 0 Å². The van der Waals surface area contributed by atoms with Gasteiger partial charge in [0.2, 0.25) is 0 Å². The van der Waals surface area contributed by atoms with Crippen molar-refractivity contribution in [2.24, 2.45) is 5.92 Å². The fourth-order valence-corrected chi connectivity index (χ4v) is 3.49. The SMILES string of the molecule is CCCCOC(=O)C(OCCC(F)(F)C(F)(F)S(=O)(=O)O)(OC(=O)C1CCCCC1)C(F)(F)F. The molecule has 0 spiro atoms. The number of hydrogen-bond acceptors (Lipinski definition) is 7. The van der Waals surface area contributed by atoms with Crippen LogP contribution >= 0.6 is 0 Å². The van der Waals surface area contributed by atoms with Crippen LogP contribution in [-0.2, 0) is 33.9 Å². The first kappa shape index (κ1) is 30.4. The Bertz CT molecular complexity index is 810. The molecule has 0 amide bonds. The average Bonchev–Trinajstić information content (AvgIpc) is 2.71. The van der Waals surface area contributed by atoms with E-state index in [-0.39, 0.29) is 19.3 Å². The zero-order valence-electron chi connectivity index (χ0n) is 18.0. The predicted molar refractivity (Wildman–Crippen MR) is 99.3 cm³/mol. The molecular formula is C18H25F7O8S. The van der Waals surface area contributed by atoms with E-state index in [2.05, 4.69) is 14.2 Å². The molecule has 1 aliphatic rings. The summed E-state index contributed by atoms with van der Waals surface area (Å²) >= 11 is 0. The number of carbonyl (C=O) groups is 2. The summed E-state index contributed by atoms with van der Waals surface area (Å²) in [6.45, 7) is -1.02. The predicted octanol–water partition coefficient (Wildman–Crippen LogP) is 4.23. The number of unbranched alkanes of at least 4 members (excludes halogenated alkanes) is 1. The topological polar surface area (TPSA) is 116 Å². The van der Waals surface area contributed by atoms with Crippen molar-refractivity contribution in [1.82, 2.24) is 0 Å². The first-order valence-corrected chi connectivity index (χ1v) is 11.7. The minimum Gasteiger partial charge on any atom is -0.461 e. The van der Waals surface area contributed by atoms with Crippen molar-refractivity contribution in [2.75, 3.05) is 13.2 Å². The van der Waals surface area contributed by atoms with Crippen LogP contribution in [0.5, 0.6) is 0 Å². The Balaban J connectivity index is 3.22. The Morgan fingerprint density at radius 3 is 2.00 bits per heavy atom. The van der Waals surface area contributed by atoms with Crippen LogP contribution in [0.25, 0.3) is 0 Å². The van der Waals surface area contributed by atoms with Gasteiger partial charge in [-0.25, -0.2) is 4.79 Å². The summed E-state index contributed by atoms with van der Waals surface area (Å²) in [4.78, 5) is 24.7. The molecule has 16 heteroatoms. The Kier molecular flexibility index (Phi) is 10.2. The highest BCUT2D eigenvalue weighted by atomic mass is 32.2. The van der Waals surface area contributed by atoms with E-state index >= 15 is 0 Å². The van der Waals surface area contributed by atoms with E-state index in [0.29, 0.717) is 25.7 Å². The third kappa shape index (κ3) is 6.93. The highest BCUT2D eigenvalue weighted by Gasteiger charge is 2.69. The average molecular weight is 534 g/mol. The van der Waals surface area contributed by atoms with Crippen LogP contribution in [0.2, 0.25) is 0 Å². The van der Waals surface area contributed by atoms with Crippen LogP contribution in [0, 0.1) is 5.92 Å². The quantitative estimate of drug-likeness (QED) is 0.130. The number of carbonyl (C=O) groups excluding carboxylic acids is 2. The summed E-state index contributed by atoms with van der Waals surface area (Å²) in [6.07, 6.45) is -5.97. The molecular weight excluding hydrogens is 509 g/mol. The van der Waals surface area contributed by atoms with Gasteiger partial charge in [-0.2, -0.15) is 39.2 Å². The van der Waals surface area contributed by atoms with Crippen LogP contribution < -0.4 is 0 Å². The van der Waals surface area contributed by atoms with E-state index in [4.69, 9.17) is 4.55 Å². The van der Waals surface area contributed by atoms with Crippen molar-refractivity contribution >= 4 is 22.1 Å². The second-order valence-electron chi connectivity index (χ2n) is 7.65. The molecule has 0 saturated heterocycles. The zero-order valence-corrected chi connectivity index (χ0v) is 18.8. The molecule has 1 unspecified atom stereocenters. The molecule has 1 N–H and O–H groups in total. The number of alkyl halides is 7. The lowest BCUT2D eigenvalue weighted by Crippen LogP contribution is -2.59. The molecule has 1 aliphatic carbocycles. The summed E-state index contributed by atoms with van der Waals surface area (Å²) in [6, 6.07) is 0. The summed E-state index contributed by atoms with van der Waals surface area (Å²) < 4.78 is 138. The van der Waals surface area contributed by atoms with Crippen molar-refractivity contribution in [2.45, 2.75) is 81.4 Å². The molecule has 0 aromatic heterocycles. The lowest BCUT2D eigenvalue weighted by atomic mass is 9.89. The van der Waals surface area contributed by atoms with Crippen molar-refractivity contribution in [3.05, 3.63) is 0 Å². The highest BCUT2D eigenvalue weighted by molar-refractivity contribution is 7.87. The van der Waals surface area contributed by atoms with Gasteiger partial charge in [0.05, 0.1) is 19.1 Å². The van der Waals surface area contributed by atoms with Crippen LogP contribution in [0.1, 0.15) is 58.3 Å². The maximum Gasteiger partial charge on any atom is 0.468 e. The van der Waals surface area contributed by atoms with Crippen molar-refractivity contribution < 1.29 is 67.5 Å². The molecule has 1 saturated carbocycles. The smallest absolute Gasteiger partial charge is 0.461 e. The monoisotopic (exact) mass is 534 g/mol. The molecule has 0 heterocycles. The molecule has 1 atom stereocenters. The molecule has 200 valence electrons. The third-order valence-corrected chi connectivity index (χ3v) is 5.97. The largest absolute Gasteiger partial charge is 0.468 e. The molecule has 34 heavy (non-hydrogen) atoms. The molecule has 1 rings (SSSR count). The fourth-order valence-electron chi connectivity index (χ4n) is 3.01. The van der Waals surface area contributed by atoms with Crippen LogP contribution in [-0.4, -0.2) is 61.3 Å². The summed E-state index contributed by atoms with van der Waals surface area (Å²) in [7, 11) is -6.66. The van der Waals surface area contributed by atoms with Crippen LogP contribution in [0.3, 0.4) is 0 Å². The standard InChI is InChI=1S/C18H25F7O8S/c1-2-3-10-31-14(27)16(17(21,22)23,33-13(26)12-7-5-4-6-8-12)32-11-9-15(19,20)18(24,25)34(28,29)30/h12H,2-11H2,1H3,(H,28,29,30). The number of halogens is 7. The van der Waals surface area contributed by atoms with Gasteiger partial charge >= 0.3 is 45.2 Å². The van der Waals surface area contributed by atoms with E-state index in [1.54, 1.807) is 6.92 Å². The van der Waals surface area contributed by atoms with Crippen molar-refractivity contribution in [1.29, 1.82) is 0 Å². The van der Waals surface area contributed by atoms with E-state index in [1.807, 2.05) is 0 Å². The van der Waals surface area contributed by atoms with Crippen molar-refractivity contribution in [3.63, 3.8) is 0 Å². The Hall–Kier alpha value is -1.68. The van der Waals surface area contributed by atoms with Gasteiger partial charge in [-0.3, -0.25) is 9.35 Å². The number of hydrogen-bond donors (Lipinski definition) is 1. The molecule has 8 nitrogen and oxygen atoms in total. The molecule has 0 bridgehead atoms. The van der Waals surface area contributed by atoms with E-state index in [9.17, 15) is 48.7 Å². The van der Waals surface area contributed by atoms with Gasteiger partial charge in [0.15, 0.2) is 0 Å². The maximum atomic E-state index is 13.9. The van der Waals surface area contributed by atoms with E-state index in [0.717, 1.165) is 0 Å². The normalized spacial score (nSPS) is 18.3. The van der Waals surface area contributed by atoms with Gasteiger partial charge in [-0.1, -0.05) is 32.6 Å². The first-order chi connectivity index (χ1) is 15.4. The number of esters is 2. The molecule has 0 radical (unpaired) electrons. The molecule has 0 aromatic carbocycles. The summed E-state index contributed by atoms with van der Waals surface area (Å²) in [5, 5.41) is -6.08. The molecule has 0 aliphatic heterocycles. The Morgan fingerprint density at radius 1 is 0.971 bits per heavy atom. The number of rotatable bonds is 12. The second-order valence-corrected chi connectivity index (χ2v) is 9.12. The Labute approximate surface area is 190 Å². The molecule has 0 aromatic rings. The van der Waals surface area contributed by atoms with Gasteiger partial charge in [-0.15, -0.1) is 0 Å². The van der Waals surface area contributed by atoms with Gasteiger partial charge in [0.25, 0.3) is 0 Å². The fraction of sp³-hybridized carbons (Fsp3) is 0.889. The molecule has 1 fully saturated rings. The summed E-state index contributed by atoms with van der Waals surface area (Å²) in [5.74, 6) is -15.1. The third-order valence-electron chi connectivity index (χ3n) is 5.03. The highest BCUT2D eigenvalue weighted by Crippen LogP contribution is 2.43. The van der Waals surface area contributed by atoms with Crippen LogP contribution in [0.15, 0.2) is 0 Å². The minimum absolute atomic E-state index is 0.0783. The second kappa shape index (κ2) is 11.4. The maximum absolute atomic E-state index is 13.9. The zero-order chi connectivity index (χ0) is 26.4. The van der Waals surface area contributed by atoms with E-state index < -0.39 is 70.7 Å². The van der Waals surface area contributed by atoms with Gasteiger partial charge in [-0.05, 0) is 19.3 Å². The van der Waals surface area contributed by atoms with Gasteiger partial charge in [0, 0.05) is 6.42 Å². The lowest BCUT2D eigenvalue weighted by molar-refractivity contribution is -0.359. The summed E-state index contributed by atoms with van der Waals surface area (Å²) in [5.41, 5.74) is 0. The van der Waals surface area contributed by atoms with E-state index in [1.165, 1.54) is 0 Å². The van der Waals surface area contributed by atoms with Gasteiger partial charge in [0.1, 0.15) is 0 Å². The first-order valence-electron chi connectivity index (χ1n) is 10.3.